The molecule has 0 bridgehead atoms. The molecule has 0 aliphatic carbocycles. The monoisotopic (exact) mass is 233 g/mol. The summed E-state index contributed by atoms with van der Waals surface area (Å²) in [6.07, 6.45) is 1.39. The molecule has 1 fully saturated rings. The maximum absolute atomic E-state index is 11.4. The van der Waals surface area contributed by atoms with E-state index >= 15 is 0 Å². The van der Waals surface area contributed by atoms with Crippen molar-refractivity contribution in [3.63, 3.8) is 0 Å². The summed E-state index contributed by atoms with van der Waals surface area (Å²) in [5.74, 6) is 0.795. The van der Waals surface area contributed by atoms with Crippen LogP contribution in [0.4, 0.5) is 0 Å². The van der Waals surface area contributed by atoms with Crippen molar-refractivity contribution >= 4 is 17.5 Å². The molecule has 1 N–H and O–H groups in total. The molecule has 2 unspecified atom stereocenters. The molecule has 3 nitrogen and oxygen atoms in total. The summed E-state index contributed by atoms with van der Waals surface area (Å²) in [5, 5.41) is 9.82. The van der Waals surface area contributed by atoms with Gasteiger partial charge in [0.15, 0.2) is 0 Å². The highest BCUT2D eigenvalue weighted by Gasteiger charge is 2.29. The van der Waals surface area contributed by atoms with Crippen LogP contribution in [0.25, 0.3) is 0 Å². The molecule has 1 amide bonds. The van der Waals surface area contributed by atoms with Gasteiger partial charge in [-0.3, -0.25) is 4.79 Å². The van der Waals surface area contributed by atoms with Gasteiger partial charge in [-0.2, -0.15) is 0 Å². The van der Waals surface area contributed by atoms with Gasteiger partial charge in [0.05, 0.1) is 6.10 Å². The SMILES string of the molecule is CC(C)CC1CN(C(=O)CCl)CCC1O. The Balaban J connectivity index is 2.51. The van der Waals surface area contributed by atoms with E-state index in [1.807, 2.05) is 0 Å². The minimum Gasteiger partial charge on any atom is -0.393 e. The number of alkyl halides is 1. The van der Waals surface area contributed by atoms with Gasteiger partial charge in [-0.05, 0) is 18.8 Å². The molecule has 4 heteroatoms. The summed E-state index contributed by atoms with van der Waals surface area (Å²) in [7, 11) is 0. The fourth-order valence-corrected chi connectivity index (χ4v) is 2.34. The Bertz CT molecular complexity index is 221. The molecule has 0 radical (unpaired) electrons. The molecule has 1 aliphatic heterocycles. The van der Waals surface area contributed by atoms with Crippen LogP contribution < -0.4 is 0 Å². The fraction of sp³-hybridized carbons (Fsp3) is 0.909. The zero-order chi connectivity index (χ0) is 11.4. The number of carbonyl (C=O) groups excluding carboxylic acids is 1. The lowest BCUT2D eigenvalue weighted by molar-refractivity contribution is -0.132. The Morgan fingerprint density at radius 1 is 1.60 bits per heavy atom. The predicted octanol–water partition coefficient (Wildman–Crippen LogP) is 1.48. The number of aliphatic hydroxyl groups excluding tert-OH is 1. The van der Waals surface area contributed by atoms with Crippen LogP contribution in [0.3, 0.4) is 0 Å². The van der Waals surface area contributed by atoms with Crippen LogP contribution in [-0.2, 0) is 4.79 Å². The number of amides is 1. The van der Waals surface area contributed by atoms with Gasteiger partial charge in [0.25, 0.3) is 0 Å². The van der Waals surface area contributed by atoms with E-state index in [2.05, 4.69) is 13.8 Å². The van der Waals surface area contributed by atoms with Gasteiger partial charge in [-0.1, -0.05) is 13.8 Å². The second-order valence-electron chi connectivity index (χ2n) is 4.72. The normalized spacial score (nSPS) is 27.1. The summed E-state index contributed by atoms with van der Waals surface area (Å²) >= 11 is 5.52. The molecular formula is C11H20ClNO2. The number of piperidine rings is 1. The molecule has 0 aromatic heterocycles. The minimum atomic E-state index is -0.258. The molecular weight excluding hydrogens is 214 g/mol. The maximum atomic E-state index is 11.4. The first-order chi connectivity index (χ1) is 7.04. The van der Waals surface area contributed by atoms with E-state index < -0.39 is 0 Å². The zero-order valence-corrected chi connectivity index (χ0v) is 10.2. The van der Waals surface area contributed by atoms with E-state index in [1.54, 1.807) is 4.90 Å². The summed E-state index contributed by atoms with van der Waals surface area (Å²) in [4.78, 5) is 13.2. The minimum absolute atomic E-state index is 0.0164. The summed E-state index contributed by atoms with van der Waals surface area (Å²) < 4.78 is 0. The van der Waals surface area contributed by atoms with Crippen LogP contribution in [0.2, 0.25) is 0 Å². The van der Waals surface area contributed by atoms with Gasteiger partial charge in [0.2, 0.25) is 5.91 Å². The highest BCUT2D eigenvalue weighted by atomic mass is 35.5. The molecule has 2 atom stereocenters. The first-order valence-electron chi connectivity index (χ1n) is 5.56. The van der Waals surface area contributed by atoms with Crippen molar-refractivity contribution in [1.29, 1.82) is 0 Å². The van der Waals surface area contributed by atoms with Crippen LogP contribution in [0.15, 0.2) is 0 Å². The molecule has 0 spiro atoms. The number of hydrogen-bond acceptors (Lipinski definition) is 2. The van der Waals surface area contributed by atoms with Crippen molar-refractivity contribution in [2.24, 2.45) is 11.8 Å². The van der Waals surface area contributed by atoms with Crippen molar-refractivity contribution in [2.45, 2.75) is 32.8 Å². The van der Waals surface area contributed by atoms with Crippen molar-refractivity contribution < 1.29 is 9.90 Å². The summed E-state index contributed by atoms with van der Waals surface area (Å²) in [6, 6.07) is 0. The van der Waals surface area contributed by atoms with Crippen LogP contribution in [-0.4, -0.2) is 41.0 Å². The zero-order valence-electron chi connectivity index (χ0n) is 9.45. The van der Waals surface area contributed by atoms with E-state index in [1.165, 1.54) is 0 Å². The van der Waals surface area contributed by atoms with E-state index in [0.29, 0.717) is 25.4 Å². The standard InChI is InChI=1S/C11H20ClNO2/c1-8(2)5-9-7-13(11(15)6-12)4-3-10(9)14/h8-10,14H,3-7H2,1-2H3. The van der Waals surface area contributed by atoms with E-state index in [4.69, 9.17) is 11.6 Å². The first-order valence-corrected chi connectivity index (χ1v) is 6.09. The lowest BCUT2D eigenvalue weighted by atomic mass is 9.87. The third-order valence-corrected chi connectivity index (χ3v) is 3.16. The van der Waals surface area contributed by atoms with E-state index in [0.717, 1.165) is 6.42 Å². The Labute approximate surface area is 96.4 Å². The number of halogens is 1. The predicted molar refractivity (Wildman–Crippen MR) is 60.9 cm³/mol. The van der Waals surface area contributed by atoms with Gasteiger partial charge in [0.1, 0.15) is 5.88 Å². The largest absolute Gasteiger partial charge is 0.393 e. The lowest BCUT2D eigenvalue weighted by Gasteiger charge is -2.36. The Kier molecular flexibility index (Phi) is 4.87. The second-order valence-corrected chi connectivity index (χ2v) is 4.99. The molecule has 0 saturated carbocycles. The number of rotatable bonds is 3. The summed E-state index contributed by atoms with van der Waals surface area (Å²) in [5.41, 5.74) is 0. The number of carbonyl (C=O) groups is 1. The first kappa shape index (κ1) is 12.8. The van der Waals surface area contributed by atoms with Gasteiger partial charge in [-0.25, -0.2) is 0 Å². The Hall–Kier alpha value is -0.280. The maximum Gasteiger partial charge on any atom is 0.237 e. The van der Waals surface area contributed by atoms with Crippen LogP contribution in [0.1, 0.15) is 26.7 Å². The van der Waals surface area contributed by atoms with Crippen molar-refractivity contribution in [1.82, 2.24) is 4.90 Å². The Morgan fingerprint density at radius 3 is 2.80 bits per heavy atom. The number of likely N-dealkylation sites (tertiary alicyclic amines) is 1. The Morgan fingerprint density at radius 2 is 2.27 bits per heavy atom. The third-order valence-electron chi connectivity index (χ3n) is 2.94. The second kappa shape index (κ2) is 5.71. The molecule has 88 valence electrons. The molecule has 1 rings (SSSR count). The van der Waals surface area contributed by atoms with Gasteiger partial charge in [0, 0.05) is 19.0 Å². The molecule has 0 aromatic rings. The van der Waals surface area contributed by atoms with Gasteiger partial charge in [-0.15, -0.1) is 11.6 Å². The molecule has 1 heterocycles. The van der Waals surface area contributed by atoms with E-state index in [9.17, 15) is 9.90 Å². The fourth-order valence-electron chi connectivity index (χ4n) is 2.17. The van der Waals surface area contributed by atoms with E-state index in [-0.39, 0.29) is 23.8 Å². The topological polar surface area (TPSA) is 40.5 Å². The third kappa shape index (κ3) is 3.65. The molecule has 1 aliphatic rings. The van der Waals surface area contributed by atoms with Crippen LogP contribution in [0.5, 0.6) is 0 Å². The summed E-state index contributed by atoms with van der Waals surface area (Å²) in [6.45, 7) is 5.57. The number of nitrogens with zero attached hydrogens (tertiary/aromatic N) is 1. The number of hydrogen-bond donors (Lipinski definition) is 1. The van der Waals surface area contributed by atoms with Crippen LogP contribution in [0, 0.1) is 11.8 Å². The molecule has 15 heavy (non-hydrogen) atoms. The lowest BCUT2D eigenvalue weighted by Crippen LogP contribution is -2.46. The number of aliphatic hydroxyl groups is 1. The average molecular weight is 234 g/mol. The van der Waals surface area contributed by atoms with Crippen molar-refractivity contribution in [2.75, 3.05) is 19.0 Å². The highest BCUT2D eigenvalue weighted by molar-refractivity contribution is 6.27. The van der Waals surface area contributed by atoms with Crippen molar-refractivity contribution in [3.05, 3.63) is 0 Å². The van der Waals surface area contributed by atoms with Crippen molar-refractivity contribution in [3.8, 4) is 0 Å². The van der Waals surface area contributed by atoms with Crippen LogP contribution >= 0.6 is 11.6 Å². The van der Waals surface area contributed by atoms with Gasteiger partial charge >= 0.3 is 0 Å². The quantitative estimate of drug-likeness (QED) is 0.751. The highest BCUT2D eigenvalue weighted by Crippen LogP contribution is 2.23. The molecule has 1 saturated heterocycles. The molecule has 0 aromatic carbocycles. The average Bonchev–Trinajstić information content (AvgIpc) is 2.19. The smallest absolute Gasteiger partial charge is 0.237 e. The van der Waals surface area contributed by atoms with Gasteiger partial charge < -0.3 is 10.0 Å².